The van der Waals surface area contributed by atoms with Gasteiger partial charge in [-0.2, -0.15) is 0 Å². The van der Waals surface area contributed by atoms with E-state index in [9.17, 15) is 13.2 Å². The van der Waals surface area contributed by atoms with E-state index in [2.05, 4.69) is 34.5 Å². The van der Waals surface area contributed by atoms with Gasteiger partial charge >= 0.3 is 0 Å². The number of nitrogens with zero attached hydrogens (tertiary/aromatic N) is 2. The standard InChI is InChI=1S/C20H31N3O3S/c1-16(17-6-8-19(9-7-17)22-12-4-3-5-13-22)21-20(24)18-10-14-23(15-11-18)27(2,25)26/h6-9,16,18H,3-5,10-15H2,1-2H3,(H,21,24)/t16-/m1/s1. The number of benzene rings is 1. The zero-order chi connectivity index (χ0) is 19.4. The Morgan fingerprint density at radius 1 is 1.04 bits per heavy atom. The lowest BCUT2D eigenvalue weighted by Crippen LogP contribution is -2.43. The summed E-state index contributed by atoms with van der Waals surface area (Å²) in [4.78, 5) is 15.0. The molecule has 1 amide bonds. The van der Waals surface area contributed by atoms with Gasteiger partial charge in [-0.3, -0.25) is 4.79 Å². The van der Waals surface area contributed by atoms with E-state index < -0.39 is 10.0 Å². The van der Waals surface area contributed by atoms with Crippen molar-refractivity contribution in [3.63, 3.8) is 0 Å². The van der Waals surface area contributed by atoms with Crippen LogP contribution in [0.3, 0.4) is 0 Å². The zero-order valence-corrected chi connectivity index (χ0v) is 17.2. The minimum Gasteiger partial charge on any atom is -0.372 e. The Morgan fingerprint density at radius 3 is 2.19 bits per heavy atom. The molecule has 2 saturated heterocycles. The van der Waals surface area contributed by atoms with E-state index in [1.165, 1.54) is 35.5 Å². The summed E-state index contributed by atoms with van der Waals surface area (Å²) < 4.78 is 24.6. The molecule has 0 unspecified atom stereocenters. The van der Waals surface area contributed by atoms with E-state index in [0.717, 1.165) is 18.7 Å². The first kappa shape index (κ1) is 20.1. The number of rotatable bonds is 5. The average Bonchev–Trinajstić information content (AvgIpc) is 2.68. The first-order valence-electron chi connectivity index (χ1n) is 9.95. The maximum absolute atomic E-state index is 12.6. The molecule has 2 fully saturated rings. The highest BCUT2D eigenvalue weighted by Gasteiger charge is 2.29. The van der Waals surface area contributed by atoms with Crippen LogP contribution in [0.4, 0.5) is 5.69 Å². The molecule has 3 rings (SSSR count). The van der Waals surface area contributed by atoms with Crippen LogP contribution < -0.4 is 10.2 Å². The third kappa shape index (κ3) is 5.23. The van der Waals surface area contributed by atoms with Gasteiger partial charge in [-0.05, 0) is 56.7 Å². The fourth-order valence-corrected chi connectivity index (χ4v) is 4.86. The maximum Gasteiger partial charge on any atom is 0.223 e. The fraction of sp³-hybridized carbons (Fsp3) is 0.650. The van der Waals surface area contributed by atoms with Crippen LogP contribution in [0.2, 0.25) is 0 Å². The Kier molecular flexibility index (Phi) is 6.42. The summed E-state index contributed by atoms with van der Waals surface area (Å²) in [5.74, 6) is -0.0890. The van der Waals surface area contributed by atoms with Gasteiger partial charge in [-0.1, -0.05) is 12.1 Å². The molecule has 6 nitrogen and oxygen atoms in total. The molecule has 0 spiro atoms. The molecule has 0 aliphatic carbocycles. The summed E-state index contributed by atoms with van der Waals surface area (Å²) in [5, 5.41) is 3.10. The molecule has 2 aliphatic rings. The van der Waals surface area contributed by atoms with Crippen molar-refractivity contribution in [1.29, 1.82) is 0 Å². The molecule has 150 valence electrons. The Hall–Kier alpha value is -1.60. The molecule has 1 aromatic carbocycles. The lowest BCUT2D eigenvalue weighted by Gasteiger charge is -2.30. The summed E-state index contributed by atoms with van der Waals surface area (Å²) >= 11 is 0. The average molecular weight is 394 g/mol. The Balaban J connectivity index is 1.52. The summed E-state index contributed by atoms with van der Waals surface area (Å²) in [6.07, 6.45) is 6.22. The number of amides is 1. The molecule has 7 heteroatoms. The topological polar surface area (TPSA) is 69.7 Å². The molecule has 1 atom stereocenters. The van der Waals surface area contributed by atoms with Crippen molar-refractivity contribution in [2.24, 2.45) is 5.92 Å². The van der Waals surface area contributed by atoms with Crippen LogP contribution in [0.1, 0.15) is 50.6 Å². The minimum absolute atomic E-state index is 0.0239. The van der Waals surface area contributed by atoms with Crippen molar-refractivity contribution in [1.82, 2.24) is 9.62 Å². The third-order valence-corrected chi connectivity index (χ3v) is 7.07. The van der Waals surface area contributed by atoms with Gasteiger partial charge in [0.25, 0.3) is 0 Å². The minimum atomic E-state index is -3.16. The van der Waals surface area contributed by atoms with Crippen molar-refractivity contribution >= 4 is 21.6 Å². The lowest BCUT2D eigenvalue weighted by molar-refractivity contribution is -0.126. The number of nitrogens with one attached hydrogen (secondary N) is 1. The van der Waals surface area contributed by atoms with Crippen molar-refractivity contribution in [2.45, 2.75) is 45.1 Å². The van der Waals surface area contributed by atoms with Crippen LogP contribution in [0.5, 0.6) is 0 Å². The van der Waals surface area contributed by atoms with Gasteiger partial charge in [0.1, 0.15) is 0 Å². The molecule has 27 heavy (non-hydrogen) atoms. The zero-order valence-electron chi connectivity index (χ0n) is 16.4. The Labute approximate surface area is 163 Å². The molecule has 0 saturated carbocycles. The summed E-state index contributed by atoms with van der Waals surface area (Å²) in [6, 6.07) is 8.44. The second-order valence-corrected chi connectivity index (χ2v) is 9.79. The summed E-state index contributed by atoms with van der Waals surface area (Å²) in [5.41, 5.74) is 2.35. The number of carbonyl (C=O) groups excluding carboxylic acids is 1. The van der Waals surface area contributed by atoms with Gasteiger partial charge in [0, 0.05) is 37.8 Å². The van der Waals surface area contributed by atoms with Crippen LogP contribution in [0.15, 0.2) is 24.3 Å². The van der Waals surface area contributed by atoms with Crippen LogP contribution in [-0.4, -0.2) is 51.1 Å². The first-order chi connectivity index (χ1) is 12.8. The van der Waals surface area contributed by atoms with Gasteiger partial charge in [0.05, 0.1) is 12.3 Å². The normalized spacial score (nSPS) is 21.0. The highest BCUT2D eigenvalue weighted by Crippen LogP contribution is 2.24. The van der Waals surface area contributed by atoms with E-state index in [-0.39, 0.29) is 17.9 Å². The predicted octanol–water partition coefficient (Wildman–Crippen LogP) is 2.53. The quantitative estimate of drug-likeness (QED) is 0.835. The predicted molar refractivity (Wildman–Crippen MR) is 108 cm³/mol. The smallest absolute Gasteiger partial charge is 0.223 e. The third-order valence-electron chi connectivity index (χ3n) is 5.77. The molecule has 0 bridgehead atoms. The van der Waals surface area contributed by atoms with Crippen molar-refractivity contribution in [3.05, 3.63) is 29.8 Å². The lowest BCUT2D eigenvalue weighted by atomic mass is 9.96. The number of carbonyl (C=O) groups is 1. The number of anilines is 1. The molecule has 0 aromatic heterocycles. The molecule has 1 aromatic rings. The number of hydrogen-bond acceptors (Lipinski definition) is 4. The fourth-order valence-electron chi connectivity index (χ4n) is 3.99. The van der Waals surface area contributed by atoms with E-state index in [1.54, 1.807) is 0 Å². The SMILES string of the molecule is C[C@@H](NC(=O)C1CCN(S(C)(=O)=O)CC1)c1ccc(N2CCCCC2)cc1. The molecule has 1 N–H and O–H groups in total. The summed E-state index contributed by atoms with van der Waals surface area (Å²) in [6.45, 7) is 5.10. The highest BCUT2D eigenvalue weighted by molar-refractivity contribution is 7.88. The van der Waals surface area contributed by atoms with Crippen LogP contribution in [0.25, 0.3) is 0 Å². The molecular weight excluding hydrogens is 362 g/mol. The number of sulfonamides is 1. The van der Waals surface area contributed by atoms with Gasteiger partial charge in [-0.25, -0.2) is 12.7 Å². The van der Waals surface area contributed by atoms with Gasteiger partial charge < -0.3 is 10.2 Å². The van der Waals surface area contributed by atoms with E-state index in [0.29, 0.717) is 25.9 Å². The Morgan fingerprint density at radius 2 is 1.63 bits per heavy atom. The van der Waals surface area contributed by atoms with Gasteiger partial charge in [0.15, 0.2) is 0 Å². The highest BCUT2D eigenvalue weighted by atomic mass is 32.2. The Bertz CT molecular complexity index is 734. The number of piperidine rings is 2. The van der Waals surface area contributed by atoms with Crippen molar-refractivity contribution < 1.29 is 13.2 Å². The second-order valence-electron chi connectivity index (χ2n) is 7.81. The molecule has 0 radical (unpaired) electrons. The van der Waals surface area contributed by atoms with E-state index in [4.69, 9.17) is 0 Å². The van der Waals surface area contributed by atoms with Gasteiger partial charge in [0.2, 0.25) is 15.9 Å². The van der Waals surface area contributed by atoms with Gasteiger partial charge in [-0.15, -0.1) is 0 Å². The largest absolute Gasteiger partial charge is 0.372 e. The van der Waals surface area contributed by atoms with Crippen molar-refractivity contribution in [2.75, 3.05) is 37.3 Å². The molecule has 2 heterocycles. The molecular formula is C20H31N3O3S. The van der Waals surface area contributed by atoms with E-state index in [1.807, 2.05) is 6.92 Å². The summed E-state index contributed by atoms with van der Waals surface area (Å²) in [7, 11) is -3.16. The second kappa shape index (κ2) is 8.61. The van der Waals surface area contributed by atoms with Crippen LogP contribution >= 0.6 is 0 Å². The maximum atomic E-state index is 12.6. The molecule has 2 aliphatic heterocycles. The number of hydrogen-bond donors (Lipinski definition) is 1. The first-order valence-corrected chi connectivity index (χ1v) is 11.8. The van der Waals surface area contributed by atoms with Crippen LogP contribution in [-0.2, 0) is 14.8 Å². The van der Waals surface area contributed by atoms with Crippen LogP contribution in [0, 0.1) is 5.92 Å². The van der Waals surface area contributed by atoms with Crippen molar-refractivity contribution in [3.8, 4) is 0 Å². The van der Waals surface area contributed by atoms with E-state index >= 15 is 0 Å². The monoisotopic (exact) mass is 393 g/mol.